The molecule has 0 spiro atoms. The molecule has 0 saturated heterocycles. The minimum absolute atomic E-state index is 0.160. The van der Waals surface area contributed by atoms with Crippen LogP contribution in [0.5, 0.6) is 0 Å². The maximum absolute atomic E-state index is 10.9. The standard InChI is InChI=1S/C5H9NO/c1-4-5(7)6(2)3/h4H,1H2,2-3H3/i2D3,3D3. The summed E-state index contributed by atoms with van der Waals surface area (Å²) in [7, 11) is 0. The highest BCUT2D eigenvalue weighted by Gasteiger charge is 1.91. The van der Waals surface area contributed by atoms with E-state index >= 15 is 0 Å². The minimum Gasteiger partial charge on any atom is -0.345 e. The predicted octanol–water partition coefficient (Wildman–Crippen LogP) is 0.261. The second-order valence-corrected chi connectivity index (χ2v) is 0.878. The molecule has 1 amide bonds. The van der Waals surface area contributed by atoms with E-state index in [9.17, 15) is 4.79 Å². The van der Waals surface area contributed by atoms with Crippen molar-refractivity contribution in [2.24, 2.45) is 0 Å². The Bertz CT molecular complexity index is 202. The van der Waals surface area contributed by atoms with Gasteiger partial charge in [0.1, 0.15) is 0 Å². The van der Waals surface area contributed by atoms with Gasteiger partial charge in [-0.2, -0.15) is 0 Å². The zero-order valence-electron chi connectivity index (χ0n) is 9.64. The van der Waals surface area contributed by atoms with Gasteiger partial charge in [0.05, 0.1) is 0 Å². The van der Waals surface area contributed by atoms with Crippen LogP contribution in [-0.2, 0) is 4.79 Å². The van der Waals surface area contributed by atoms with Gasteiger partial charge in [-0.25, -0.2) is 0 Å². The van der Waals surface area contributed by atoms with E-state index in [1.165, 1.54) is 0 Å². The highest BCUT2D eigenvalue weighted by Crippen LogP contribution is 1.74. The summed E-state index contributed by atoms with van der Waals surface area (Å²) in [4.78, 5) is 10.7. The molecule has 0 unspecified atom stereocenters. The first-order chi connectivity index (χ1) is 5.60. The molecular formula is C5H9NO. The van der Waals surface area contributed by atoms with E-state index < -0.39 is 19.9 Å². The number of hydrogen-bond donors (Lipinski definition) is 0. The summed E-state index contributed by atoms with van der Waals surface area (Å²) in [6, 6.07) is 0. The van der Waals surface area contributed by atoms with E-state index in [0.717, 1.165) is 0 Å². The fraction of sp³-hybridized carbons (Fsp3) is 0.400. The number of nitrogens with zero attached hydrogens (tertiary/aromatic N) is 1. The van der Waals surface area contributed by atoms with Gasteiger partial charge in [0.2, 0.25) is 5.91 Å². The van der Waals surface area contributed by atoms with Gasteiger partial charge in [0.15, 0.2) is 0 Å². The van der Waals surface area contributed by atoms with Crippen molar-refractivity contribution in [1.82, 2.24) is 4.90 Å². The van der Waals surface area contributed by atoms with Crippen LogP contribution in [0.1, 0.15) is 8.22 Å². The number of carbonyl (C=O) groups excluding carboxylic acids is 1. The molecule has 0 aromatic heterocycles. The predicted molar refractivity (Wildman–Crippen MR) is 28.9 cm³/mol. The van der Waals surface area contributed by atoms with Crippen molar-refractivity contribution >= 4 is 5.91 Å². The van der Waals surface area contributed by atoms with Crippen molar-refractivity contribution in [3.63, 3.8) is 0 Å². The van der Waals surface area contributed by atoms with Gasteiger partial charge in [-0.05, 0) is 6.08 Å². The minimum atomic E-state index is -2.98. The first-order valence-electron chi connectivity index (χ1n) is 4.57. The lowest BCUT2D eigenvalue weighted by Crippen LogP contribution is -2.18. The van der Waals surface area contributed by atoms with Crippen molar-refractivity contribution in [2.75, 3.05) is 14.0 Å². The smallest absolute Gasteiger partial charge is 0.245 e. The van der Waals surface area contributed by atoms with E-state index in [-0.39, 0.29) is 4.90 Å². The third-order valence-corrected chi connectivity index (χ3v) is 0.395. The highest BCUT2D eigenvalue weighted by atomic mass is 16.2. The summed E-state index contributed by atoms with van der Waals surface area (Å²) in [6.45, 7) is -2.93. The largest absolute Gasteiger partial charge is 0.345 e. The number of likely N-dealkylation sites (N-methyl/N-ethyl adjacent to an activating group) is 1. The Morgan fingerprint density at radius 2 is 2.57 bits per heavy atom. The van der Waals surface area contributed by atoms with Crippen LogP contribution >= 0.6 is 0 Å². The lowest BCUT2D eigenvalue weighted by Gasteiger charge is -2.03. The quantitative estimate of drug-likeness (QED) is 0.438. The Morgan fingerprint density at radius 1 is 2.00 bits per heavy atom. The number of hydrogen-bond acceptors (Lipinski definition) is 1. The molecule has 0 atom stereocenters. The number of carbonyl (C=O) groups is 1. The summed E-state index contributed by atoms with van der Waals surface area (Å²) in [5.41, 5.74) is 0. The number of amides is 1. The Labute approximate surface area is 51.9 Å². The lowest BCUT2D eigenvalue weighted by atomic mass is 10.5. The van der Waals surface area contributed by atoms with Crippen LogP contribution in [0.2, 0.25) is 0 Å². The van der Waals surface area contributed by atoms with Crippen molar-refractivity contribution in [1.29, 1.82) is 0 Å². The molecule has 40 valence electrons. The van der Waals surface area contributed by atoms with Gasteiger partial charge in [-0.3, -0.25) is 4.79 Å². The van der Waals surface area contributed by atoms with Crippen LogP contribution in [0.15, 0.2) is 12.7 Å². The summed E-state index contributed by atoms with van der Waals surface area (Å²) >= 11 is 0. The van der Waals surface area contributed by atoms with E-state index in [1.807, 2.05) is 0 Å². The summed E-state index contributed by atoms with van der Waals surface area (Å²) in [5.74, 6) is -1.14. The third-order valence-electron chi connectivity index (χ3n) is 0.395. The van der Waals surface area contributed by atoms with Crippen LogP contribution in [0.25, 0.3) is 0 Å². The molecular weight excluding hydrogens is 90.1 g/mol. The van der Waals surface area contributed by atoms with Gasteiger partial charge >= 0.3 is 0 Å². The molecule has 0 aliphatic carbocycles. The van der Waals surface area contributed by atoms with Crippen LogP contribution in [0.4, 0.5) is 0 Å². The monoisotopic (exact) mass is 105 g/mol. The Morgan fingerprint density at radius 3 is 2.71 bits per heavy atom. The molecule has 0 bridgehead atoms. The fourth-order valence-corrected chi connectivity index (χ4v) is 0.0913. The zero-order chi connectivity index (χ0) is 10.9. The summed E-state index contributed by atoms with van der Waals surface area (Å²) in [6.07, 6.45) is 0.652. The molecule has 0 fully saturated rings. The topological polar surface area (TPSA) is 20.3 Å². The molecule has 0 rings (SSSR count). The molecule has 2 heteroatoms. The Balaban J connectivity index is 5.00. The van der Waals surface area contributed by atoms with Crippen LogP contribution in [-0.4, -0.2) is 24.8 Å². The molecule has 0 aromatic rings. The molecule has 0 radical (unpaired) electrons. The summed E-state index contributed by atoms with van der Waals surface area (Å²) in [5, 5.41) is 0. The molecule has 0 aromatic carbocycles. The second-order valence-electron chi connectivity index (χ2n) is 0.878. The van der Waals surface area contributed by atoms with E-state index in [4.69, 9.17) is 8.22 Å². The molecule has 0 aliphatic heterocycles. The van der Waals surface area contributed by atoms with Gasteiger partial charge in [-0.15, -0.1) is 0 Å². The molecule has 0 aliphatic rings. The van der Waals surface area contributed by atoms with E-state index in [2.05, 4.69) is 6.58 Å². The SMILES string of the molecule is [2H]C([2H])([2H])N(C(=O)C=C)C([2H])([2H])[2H]. The molecule has 0 N–H and O–H groups in total. The van der Waals surface area contributed by atoms with Gasteiger partial charge < -0.3 is 4.90 Å². The summed E-state index contributed by atoms with van der Waals surface area (Å²) < 4.78 is 40.9. The van der Waals surface area contributed by atoms with Gasteiger partial charge in [0.25, 0.3) is 0 Å². The van der Waals surface area contributed by atoms with Crippen LogP contribution < -0.4 is 0 Å². The van der Waals surface area contributed by atoms with Crippen molar-refractivity contribution < 1.29 is 13.0 Å². The maximum atomic E-state index is 10.9. The Kier molecular flexibility index (Phi) is 0.459. The maximum Gasteiger partial charge on any atom is 0.245 e. The van der Waals surface area contributed by atoms with Crippen LogP contribution in [0.3, 0.4) is 0 Å². The van der Waals surface area contributed by atoms with E-state index in [0.29, 0.717) is 6.08 Å². The Hall–Kier alpha value is -0.790. The lowest BCUT2D eigenvalue weighted by molar-refractivity contribution is -0.123. The van der Waals surface area contributed by atoms with Crippen molar-refractivity contribution in [3.8, 4) is 0 Å². The fourth-order valence-electron chi connectivity index (χ4n) is 0.0913. The normalized spacial score (nSPS) is 24.0. The average Bonchev–Trinajstić information content (AvgIpc) is 1.80. The van der Waals surface area contributed by atoms with Gasteiger partial charge in [0, 0.05) is 22.2 Å². The zero-order valence-corrected chi connectivity index (χ0v) is 3.64. The second kappa shape index (κ2) is 2.39. The first kappa shape index (κ1) is 1.34. The highest BCUT2D eigenvalue weighted by molar-refractivity contribution is 5.86. The van der Waals surface area contributed by atoms with Crippen LogP contribution in [0, 0.1) is 0 Å². The molecule has 7 heavy (non-hydrogen) atoms. The molecule has 0 heterocycles. The van der Waals surface area contributed by atoms with E-state index in [1.54, 1.807) is 0 Å². The molecule has 2 nitrogen and oxygen atoms in total. The van der Waals surface area contributed by atoms with Crippen molar-refractivity contribution in [2.45, 2.75) is 0 Å². The number of rotatable bonds is 1. The molecule has 0 saturated carbocycles. The first-order valence-corrected chi connectivity index (χ1v) is 1.57. The average molecular weight is 105 g/mol. The van der Waals surface area contributed by atoms with Gasteiger partial charge in [-0.1, -0.05) is 6.58 Å². The van der Waals surface area contributed by atoms with Crippen molar-refractivity contribution in [3.05, 3.63) is 12.7 Å². The third kappa shape index (κ3) is 1.98.